The maximum atomic E-state index is 11.8. The molecular weight excluding hydrogens is 484 g/mol. The van der Waals surface area contributed by atoms with Gasteiger partial charge in [-0.3, -0.25) is 4.98 Å². The van der Waals surface area contributed by atoms with Crippen LogP contribution in [0.5, 0.6) is 0 Å². The lowest BCUT2D eigenvalue weighted by Crippen LogP contribution is -2.06. The van der Waals surface area contributed by atoms with E-state index in [1.807, 2.05) is 53.4 Å². The summed E-state index contributed by atoms with van der Waals surface area (Å²) in [6.07, 6.45) is 6.89. The second kappa shape index (κ2) is 10.2. The van der Waals surface area contributed by atoms with E-state index in [0.717, 1.165) is 63.8 Å². The molecule has 0 fully saturated rings. The molecule has 6 nitrogen and oxygen atoms in total. The van der Waals surface area contributed by atoms with Gasteiger partial charge in [0.2, 0.25) is 0 Å². The number of carbonyl (C=O) groups is 1. The van der Waals surface area contributed by atoms with Crippen molar-refractivity contribution in [3.63, 3.8) is 0 Å². The number of aromatic carboxylic acids is 1. The molecule has 194 valence electrons. The van der Waals surface area contributed by atoms with E-state index in [4.69, 9.17) is 4.98 Å². The quantitative estimate of drug-likeness (QED) is 0.229. The zero-order valence-corrected chi connectivity index (χ0v) is 22.1. The number of benzene rings is 3. The smallest absolute Gasteiger partial charge is 0.337 e. The fourth-order valence-electron chi connectivity index (χ4n) is 5.37. The number of pyridine rings is 1. The van der Waals surface area contributed by atoms with Crippen LogP contribution in [0.2, 0.25) is 0 Å². The summed E-state index contributed by atoms with van der Waals surface area (Å²) in [7, 11) is 0. The Kier molecular flexibility index (Phi) is 6.45. The van der Waals surface area contributed by atoms with Crippen LogP contribution >= 0.6 is 0 Å². The highest BCUT2D eigenvalue weighted by Gasteiger charge is 2.16. The first kappa shape index (κ1) is 24.6. The molecule has 3 heterocycles. The summed E-state index contributed by atoms with van der Waals surface area (Å²) >= 11 is 0. The van der Waals surface area contributed by atoms with Crippen molar-refractivity contribution in [1.29, 1.82) is 0 Å². The third-order valence-electron chi connectivity index (χ3n) is 7.33. The second-order valence-electron chi connectivity index (χ2n) is 9.99. The van der Waals surface area contributed by atoms with Crippen LogP contribution in [0.15, 0.2) is 91.3 Å². The number of aromatic nitrogens is 4. The molecule has 0 radical (unpaired) electrons. The van der Waals surface area contributed by atoms with Gasteiger partial charge in [-0.15, -0.1) is 0 Å². The maximum Gasteiger partial charge on any atom is 0.337 e. The number of unbranched alkanes of at least 4 members (excludes halogenated alkanes) is 1. The summed E-state index contributed by atoms with van der Waals surface area (Å²) in [5.41, 5.74) is 8.44. The van der Waals surface area contributed by atoms with E-state index in [1.54, 1.807) is 12.1 Å². The van der Waals surface area contributed by atoms with E-state index >= 15 is 0 Å². The van der Waals surface area contributed by atoms with Crippen molar-refractivity contribution < 1.29 is 9.90 Å². The van der Waals surface area contributed by atoms with Gasteiger partial charge in [0.25, 0.3) is 0 Å². The minimum absolute atomic E-state index is 0.281. The van der Waals surface area contributed by atoms with Crippen molar-refractivity contribution in [2.75, 3.05) is 0 Å². The summed E-state index contributed by atoms with van der Waals surface area (Å²) in [5.74, 6) is 0.164. The Morgan fingerprint density at radius 3 is 2.59 bits per heavy atom. The normalized spacial score (nSPS) is 11.4. The minimum atomic E-state index is -0.934. The largest absolute Gasteiger partial charge is 0.478 e. The number of imidazole rings is 1. The Hall–Kier alpha value is -4.71. The number of aryl methyl sites for hydroxylation is 2. The zero-order chi connectivity index (χ0) is 26.9. The molecule has 0 bridgehead atoms. The molecule has 0 amide bonds. The predicted octanol–water partition coefficient (Wildman–Crippen LogP) is 7.44. The Morgan fingerprint density at radius 2 is 1.79 bits per heavy atom. The third kappa shape index (κ3) is 4.59. The lowest BCUT2D eigenvalue weighted by atomic mass is 10.1. The molecule has 6 aromatic rings. The fourth-order valence-corrected chi connectivity index (χ4v) is 5.37. The number of para-hydroxylation sites is 1. The van der Waals surface area contributed by atoms with Crippen molar-refractivity contribution in [3.05, 3.63) is 114 Å². The highest BCUT2D eigenvalue weighted by atomic mass is 16.4. The molecule has 0 aliphatic carbocycles. The van der Waals surface area contributed by atoms with Crippen molar-refractivity contribution in [3.8, 4) is 16.9 Å². The number of hydrogen-bond acceptors (Lipinski definition) is 3. The van der Waals surface area contributed by atoms with E-state index < -0.39 is 5.97 Å². The highest BCUT2D eigenvalue weighted by molar-refractivity contribution is 5.93. The Bertz CT molecular complexity index is 1810. The van der Waals surface area contributed by atoms with Crippen LogP contribution in [-0.2, 0) is 13.0 Å². The molecule has 0 spiro atoms. The molecule has 0 atom stereocenters. The van der Waals surface area contributed by atoms with Crippen LogP contribution < -0.4 is 0 Å². The monoisotopic (exact) mass is 514 g/mol. The van der Waals surface area contributed by atoms with Gasteiger partial charge < -0.3 is 14.2 Å². The van der Waals surface area contributed by atoms with Gasteiger partial charge in [-0.05, 0) is 79.1 Å². The first-order valence-electron chi connectivity index (χ1n) is 13.4. The highest BCUT2D eigenvalue weighted by Crippen LogP contribution is 2.30. The average Bonchev–Trinajstić information content (AvgIpc) is 3.53. The van der Waals surface area contributed by atoms with Crippen LogP contribution in [0.3, 0.4) is 0 Å². The first-order valence-corrected chi connectivity index (χ1v) is 13.4. The third-order valence-corrected chi connectivity index (χ3v) is 7.33. The molecule has 3 aromatic carbocycles. The molecule has 0 aliphatic rings. The number of hydrogen-bond donors (Lipinski definition) is 1. The van der Waals surface area contributed by atoms with E-state index in [2.05, 4.69) is 53.7 Å². The molecule has 0 saturated heterocycles. The molecule has 39 heavy (non-hydrogen) atoms. The average molecular weight is 515 g/mol. The van der Waals surface area contributed by atoms with Gasteiger partial charge in [0.05, 0.1) is 33.5 Å². The minimum Gasteiger partial charge on any atom is -0.478 e. The number of carboxylic acids is 1. The van der Waals surface area contributed by atoms with Gasteiger partial charge in [-0.2, -0.15) is 0 Å². The number of fused-ring (bicyclic) bond motifs is 2. The van der Waals surface area contributed by atoms with Crippen molar-refractivity contribution in [2.45, 2.75) is 39.7 Å². The van der Waals surface area contributed by atoms with Crippen LogP contribution in [0.25, 0.3) is 38.9 Å². The van der Waals surface area contributed by atoms with Crippen LogP contribution in [0.1, 0.15) is 47.1 Å². The molecule has 0 aliphatic heterocycles. The van der Waals surface area contributed by atoms with Crippen molar-refractivity contribution >= 4 is 27.9 Å². The van der Waals surface area contributed by atoms with Crippen molar-refractivity contribution in [1.82, 2.24) is 19.1 Å². The SMILES string of the molecule is CCCCc1nc2c(C)cc(-c3ccccn3)cc2n1Cc1ccc2c(ccn2-c2ccccc2C(=O)O)c1. The zero-order valence-electron chi connectivity index (χ0n) is 22.1. The lowest BCUT2D eigenvalue weighted by molar-refractivity contribution is 0.0697. The number of rotatable bonds is 8. The second-order valence-corrected chi connectivity index (χ2v) is 9.99. The summed E-state index contributed by atoms with van der Waals surface area (Å²) in [5, 5.41) is 10.8. The van der Waals surface area contributed by atoms with Crippen molar-refractivity contribution in [2.24, 2.45) is 0 Å². The summed E-state index contributed by atoms with van der Waals surface area (Å²) in [6, 6.07) is 25.9. The number of nitrogens with zero attached hydrogens (tertiary/aromatic N) is 4. The standard InChI is InChI=1S/C33H30N4O2/c1-3-4-12-31-35-32-22(2)18-25(27-10-7-8-16-34-27)20-30(32)37(31)21-23-13-14-28-24(19-23)15-17-36(28)29-11-6-5-9-26(29)33(38)39/h5-11,13-20H,3-4,12,21H2,1-2H3,(H,38,39). The Balaban J connectivity index is 1.43. The van der Waals surface area contributed by atoms with E-state index in [-0.39, 0.29) is 5.56 Å². The molecule has 0 saturated carbocycles. The predicted molar refractivity (Wildman–Crippen MR) is 156 cm³/mol. The van der Waals surface area contributed by atoms with E-state index in [9.17, 15) is 9.90 Å². The van der Waals surface area contributed by atoms with Crippen LogP contribution in [-0.4, -0.2) is 30.2 Å². The Morgan fingerprint density at radius 1 is 0.949 bits per heavy atom. The molecular formula is C33H30N4O2. The Labute approximate surface area is 227 Å². The van der Waals surface area contributed by atoms with Gasteiger partial charge >= 0.3 is 5.97 Å². The lowest BCUT2D eigenvalue weighted by Gasteiger charge is -2.12. The van der Waals surface area contributed by atoms with Crippen LogP contribution in [0, 0.1) is 6.92 Å². The van der Waals surface area contributed by atoms with Gasteiger partial charge in [0, 0.05) is 36.3 Å². The van der Waals surface area contributed by atoms with Gasteiger partial charge in [0.15, 0.2) is 0 Å². The maximum absolute atomic E-state index is 11.8. The fraction of sp³-hybridized carbons (Fsp3) is 0.182. The number of carboxylic acid groups (broad SMARTS) is 1. The first-order chi connectivity index (χ1) is 19.0. The summed E-state index contributed by atoms with van der Waals surface area (Å²) in [6.45, 7) is 5.03. The molecule has 3 aromatic heterocycles. The topological polar surface area (TPSA) is 72.9 Å². The summed E-state index contributed by atoms with van der Waals surface area (Å²) < 4.78 is 4.30. The van der Waals surface area contributed by atoms with Gasteiger partial charge in [-0.1, -0.05) is 37.6 Å². The van der Waals surface area contributed by atoms with E-state index in [1.165, 1.54) is 5.56 Å². The van der Waals surface area contributed by atoms with Gasteiger partial charge in [-0.25, -0.2) is 9.78 Å². The van der Waals surface area contributed by atoms with Gasteiger partial charge in [0.1, 0.15) is 5.82 Å². The molecule has 6 heteroatoms. The summed E-state index contributed by atoms with van der Waals surface area (Å²) in [4.78, 5) is 21.5. The van der Waals surface area contributed by atoms with E-state index in [0.29, 0.717) is 12.2 Å². The van der Waals surface area contributed by atoms with Crippen LogP contribution in [0.4, 0.5) is 0 Å². The molecule has 1 N–H and O–H groups in total. The molecule has 0 unspecified atom stereocenters. The molecule has 6 rings (SSSR count).